The minimum Gasteiger partial charge on any atom is -0.327 e. The highest BCUT2D eigenvalue weighted by Crippen LogP contribution is 2.19. The maximum absolute atomic E-state index is 5.83. The number of benzene rings is 1. The molecule has 0 bridgehead atoms. The quantitative estimate of drug-likeness (QED) is 0.748. The fourth-order valence-corrected chi connectivity index (χ4v) is 1.93. The van der Waals surface area contributed by atoms with Crippen molar-refractivity contribution in [1.82, 2.24) is 0 Å². The lowest BCUT2D eigenvalue weighted by Crippen LogP contribution is -2.21. The van der Waals surface area contributed by atoms with Gasteiger partial charge in [-0.25, -0.2) is 0 Å². The Labute approximate surface area is 84.7 Å². The smallest absolute Gasteiger partial charge is 0.0132 e. The van der Waals surface area contributed by atoms with Gasteiger partial charge < -0.3 is 5.73 Å². The monoisotopic (exact) mass is 195 g/mol. The Morgan fingerprint density at radius 1 is 1.31 bits per heavy atom. The van der Waals surface area contributed by atoms with Gasteiger partial charge in [-0.3, -0.25) is 0 Å². The molecule has 1 nitrogen and oxygen atoms in total. The third-order valence-corrected chi connectivity index (χ3v) is 3.21. The molecule has 1 unspecified atom stereocenters. The van der Waals surface area contributed by atoms with E-state index in [-0.39, 0.29) is 0 Å². The summed E-state index contributed by atoms with van der Waals surface area (Å²) < 4.78 is 0. The Morgan fingerprint density at radius 2 is 1.92 bits per heavy atom. The van der Waals surface area contributed by atoms with Crippen LogP contribution in [0.3, 0.4) is 0 Å². The molecule has 2 heteroatoms. The minimum absolute atomic E-state index is 0.325. The van der Waals surface area contributed by atoms with Crippen LogP contribution in [0.5, 0.6) is 0 Å². The molecule has 0 radical (unpaired) electrons. The summed E-state index contributed by atoms with van der Waals surface area (Å²) in [7, 11) is 0. The maximum atomic E-state index is 5.83. The molecular weight excluding hydrogens is 178 g/mol. The van der Waals surface area contributed by atoms with Gasteiger partial charge in [0.25, 0.3) is 0 Å². The molecule has 0 aliphatic heterocycles. The second-order valence-corrected chi connectivity index (χ2v) is 4.39. The molecular formula is C11H17NS. The van der Waals surface area contributed by atoms with Crippen molar-refractivity contribution in [3.63, 3.8) is 0 Å². The van der Waals surface area contributed by atoms with Crippen molar-refractivity contribution in [3.8, 4) is 0 Å². The van der Waals surface area contributed by atoms with Gasteiger partial charge in [-0.15, -0.1) is 11.8 Å². The third-order valence-electron chi connectivity index (χ3n) is 2.01. The zero-order chi connectivity index (χ0) is 9.68. The van der Waals surface area contributed by atoms with E-state index < -0.39 is 0 Å². The molecule has 0 saturated carbocycles. The van der Waals surface area contributed by atoms with Crippen LogP contribution in [0.4, 0.5) is 0 Å². The van der Waals surface area contributed by atoms with Crippen LogP contribution in [0.1, 0.15) is 18.9 Å². The van der Waals surface area contributed by atoms with E-state index in [4.69, 9.17) is 5.73 Å². The van der Waals surface area contributed by atoms with E-state index in [9.17, 15) is 0 Å². The van der Waals surface area contributed by atoms with E-state index in [1.54, 1.807) is 0 Å². The number of hydrogen-bond acceptors (Lipinski definition) is 2. The Hall–Kier alpha value is -0.470. The van der Waals surface area contributed by atoms with E-state index in [2.05, 4.69) is 38.1 Å². The predicted octanol–water partition coefficient (Wildman–Crippen LogP) is 2.82. The molecule has 0 aliphatic rings. The molecule has 1 atom stereocenters. The van der Waals surface area contributed by atoms with Crippen LogP contribution in [-0.2, 0) is 0 Å². The molecule has 0 amide bonds. The van der Waals surface area contributed by atoms with Crippen LogP contribution >= 0.6 is 11.8 Å². The molecule has 0 aromatic heterocycles. The summed E-state index contributed by atoms with van der Waals surface area (Å²) >= 11 is 1.84. The molecule has 0 fully saturated rings. The van der Waals surface area contributed by atoms with E-state index in [0.717, 1.165) is 12.2 Å². The maximum Gasteiger partial charge on any atom is 0.0132 e. The molecule has 1 rings (SSSR count). The molecule has 13 heavy (non-hydrogen) atoms. The average molecular weight is 195 g/mol. The van der Waals surface area contributed by atoms with Gasteiger partial charge in [0.1, 0.15) is 0 Å². The first-order chi connectivity index (χ1) is 6.22. The number of hydrogen-bond donors (Lipinski definition) is 1. The summed E-state index contributed by atoms with van der Waals surface area (Å²) in [4.78, 5) is 1.31. The fraction of sp³-hybridized carbons (Fsp3) is 0.455. The molecule has 0 heterocycles. The molecule has 72 valence electrons. The Bertz CT molecular complexity index is 243. The van der Waals surface area contributed by atoms with E-state index >= 15 is 0 Å². The van der Waals surface area contributed by atoms with Gasteiger partial charge in [-0.05, 0) is 25.5 Å². The normalized spacial score (nSPS) is 12.8. The molecule has 1 aromatic carbocycles. The van der Waals surface area contributed by atoms with Crippen LogP contribution in [0.2, 0.25) is 0 Å². The summed E-state index contributed by atoms with van der Waals surface area (Å²) in [5.74, 6) is 1.01. The van der Waals surface area contributed by atoms with Gasteiger partial charge in [-0.1, -0.05) is 24.6 Å². The standard InChI is InChI=1S/C11H17NS/c1-3-10(12)8-13-11-6-4-9(2)5-7-11/h4-7,10H,3,8,12H2,1-2H3. The summed E-state index contributed by atoms with van der Waals surface area (Å²) in [6, 6.07) is 8.91. The lowest BCUT2D eigenvalue weighted by molar-refractivity contribution is 0.725. The highest BCUT2D eigenvalue weighted by molar-refractivity contribution is 7.99. The molecule has 2 N–H and O–H groups in total. The summed E-state index contributed by atoms with van der Waals surface area (Å²) in [5.41, 5.74) is 7.14. The minimum atomic E-state index is 0.325. The van der Waals surface area contributed by atoms with E-state index in [1.807, 2.05) is 11.8 Å². The van der Waals surface area contributed by atoms with E-state index in [1.165, 1.54) is 10.5 Å². The molecule has 1 aromatic rings. The number of thioether (sulfide) groups is 1. The topological polar surface area (TPSA) is 26.0 Å². The number of rotatable bonds is 4. The van der Waals surface area contributed by atoms with Crippen molar-refractivity contribution in [2.24, 2.45) is 5.73 Å². The van der Waals surface area contributed by atoms with Gasteiger partial charge in [0.05, 0.1) is 0 Å². The van der Waals surface area contributed by atoms with Crippen LogP contribution in [-0.4, -0.2) is 11.8 Å². The summed E-state index contributed by atoms with van der Waals surface area (Å²) in [5, 5.41) is 0. The molecule has 0 spiro atoms. The molecule has 0 saturated heterocycles. The highest BCUT2D eigenvalue weighted by Gasteiger charge is 1.99. The third kappa shape index (κ3) is 3.83. The van der Waals surface area contributed by atoms with Crippen molar-refractivity contribution in [1.29, 1.82) is 0 Å². The van der Waals surface area contributed by atoms with Crippen LogP contribution in [0.15, 0.2) is 29.2 Å². The van der Waals surface area contributed by atoms with Gasteiger partial charge in [0.15, 0.2) is 0 Å². The first-order valence-electron chi connectivity index (χ1n) is 4.67. The second kappa shape index (κ2) is 5.30. The Kier molecular flexibility index (Phi) is 4.33. The van der Waals surface area contributed by atoms with Gasteiger partial charge >= 0.3 is 0 Å². The van der Waals surface area contributed by atoms with Crippen molar-refractivity contribution >= 4 is 11.8 Å². The predicted molar refractivity (Wildman–Crippen MR) is 60.2 cm³/mol. The zero-order valence-corrected chi connectivity index (χ0v) is 9.10. The molecule has 0 aliphatic carbocycles. The SMILES string of the molecule is CCC(N)CSc1ccc(C)cc1. The van der Waals surface area contributed by atoms with Crippen molar-refractivity contribution in [3.05, 3.63) is 29.8 Å². The highest BCUT2D eigenvalue weighted by atomic mass is 32.2. The van der Waals surface area contributed by atoms with Crippen LogP contribution in [0, 0.1) is 6.92 Å². The first kappa shape index (κ1) is 10.6. The lowest BCUT2D eigenvalue weighted by atomic mass is 10.2. The Balaban J connectivity index is 2.41. The lowest BCUT2D eigenvalue weighted by Gasteiger charge is -2.07. The Morgan fingerprint density at radius 3 is 2.46 bits per heavy atom. The van der Waals surface area contributed by atoms with Crippen LogP contribution < -0.4 is 5.73 Å². The first-order valence-corrected chi connectivity index (χ1v) is 5.66. The van der Waals surface area contributed by atoms with Crippen molar-refractivity contribution in [2.45, 2.75) is 31.2 Å². The largest absolute Gasteiger partial charge is 0.327 e. The van der Waals surface area contributed by atoms with Crippen molar-refractivity contribution in [2.75, 3.05) is 5.75 Å². The second-order valence-electron chi connectivity index (χ2n) is 3.29. The van der Waals surface area contributed by atoms with Gasteiger partial charge in [0, 0.05) is 16.7 Å². The summed E-state index contributed by atoms with van der Waals surface area (Å²) in [6.07, 6.45) is 1.05. The van der Waals surface area contributed by atoms with Crippen LogP contribution in [0.25, 0.3) is 0 Å². The number of aryl methyl sites for hydroxylation is 1. The van der Waals surface area contributed by atoms with E-state index in [0.29, 0.717) is 6.04 Å². The fourth-order valence-electron chi connectivity index (χ4n) is 0.956. The van der Waals surface area contributed by atoms with Gasteiger partial charge in [0.2, 0.25) is 0 Å². The zero-order valence-electron chi connectivity index (χ0n) is 8.29. The number of nitrogens with two attached hydrogens (primary N) is 1. The summed E-state index contributed by atoms with van der Waals surface area (Å²) in [6.45, 7) is 4.23. The van der Waals surface area contributed by atoms with Crippen molar-refractivity contribution < 1.29 is 0 Å². The van der Waals surface area contributed by atoms with Gasteiger partial charge in [-0.2, -0.15) is 0 Å². The average Bonchev–Trinajstić information content (AvgIpc) is 2.16.